The number of nitrogens with zero attached hydrogens (tertiary/aromatic N) is 2. The molecule has 1 aliphatic heterocycles. The second kappa shape index (κ2) is 5.77. The largest absolute Gasteiger partial charge is 1.00 e. The first-order valence-corrected chi connectivity index (χ1v) is 6.19. The quantitative estimate of drug-likeness (QED) is 0.837. The lowest BCUT2D eigenvalue weighted by Crippen LogP contribution is -3.00. The fraction of sp³-hybridized carbons (Fsp3) is 0.125. The van der Waals surface area contributed by atoms with E-state index in [1.807, 2.05) is 47.4 Å². The molecule has 20 heavy (non-hydrogen) atoms. The summed E-state index contributed by atoms with van der Waals surface area (Å²) in [5, 5.41) is 17.3. The van der Waals surface area contributed by atoms with E-state index in [0.717, 1.165) is 17.7 Å². The third-order valence-corrected chi connectivity index (χ3v) is 3.45. The average molecular weight is 283 g/mol. The van der Waals surface area contributed by atoms with Gasteiger partial charge in [-0.25, -0.2) is 0 Å². The summed E-state index contributed by atoms with van der Waals surface area (Å²) in [5.74, 6) is 0.545. The van der Waals surface area contributed by atoms with Gasteiger partial charge in [-0.1, -0.05) is 42.5 Å². The van der Waals surface area contributed by atoms with E-state index in [1.54, 1.807) is 0 Å². The minimum absolute atomic E-state index is 0. The molecular formula is C16H13ClN3-. The fourth-order valence-electron chi connectivity index (χ4n) is 2.45. The molecule has 0 radical (unpaired) electrons. The van der Waals surface area contributed by atoms with Crippen molar-refractivity contribution in [2.45, 2.75) is 13.1 Å². The van der Waals surface area contributed by atoms with E-state index in [-0.39, 0.29) is 12.4 Å². The van der Waals surface area contributed by atoms with Gasteiger partial charge in [0.15, 0.2) is 0 Å². The summed E-state index contributed by atoms with van der Waals surface area (Å²) in [6, 6.07) is 17.8. The van der Waals surface area contributed by atoms with Gasteiger partial charge in [-0.2, -0.15) is 5.26 Å². The van der Waals surface area contributed by atoms with Crippen LogP contribution in [-0.2, 0) is 13.1 Å². The Balaban J connectivity index is 0.00000147. The van der Waals surface area contributed by atoms with Crippen molar-refractivity contribution in [2.24, 2.45) is 0 Å². The van der Waals surface area contributed by atoms with E-state index in [9.17, 15) is 0 Å². The summed E-state index contributed by atoms with van der Waals surface area (Å²) in [4.78, 5) is 2.00. The normalized spacial score (nSPS) is 12.6. The van der Waals surface area contributed by atoms with Crippen LogP contribution in [0.15, 0.2) is 48.5 Å². The molecule has 1 N–H and O–H groups in total. The van der Waals surface area contributed by atoms with E-state index in [0.29, 0.717) is 17.9 Å². The molecule has 0 fully saturated rings. The first-order valence-electron chi connectivity index (χ1n) is 6.19. The molecule has 0 atom stereocenters. The lowest BCUT2D eigenvalue weighted by atomic mass is 10.1. The maximum absolute atomic E-state index is 9.11. The van der Waals surface area contributed by atoms with Gasteiger partial charge in [0.1, 0.15) is 5.84 Å². The standard InChI is InChI=1S/C16H13N3.ClH/c17-9-12-5-1-2-6-13(12)10-19-11-14-7-3-4-8-15(14)16(19)18;/h1-8,18H,10-11H2;1H/p-1. The lowest BCUT2D eigenvalue weighted by Gasteiger charge is -2.18. The summed E-state index contributed by atoms with van der Waals surface area (Å²) in [7, 11) is 0. The summed E-state index contributed by atoms with van der Waals surface area (Å²) in [5.41, 5.74) is 3.84. The minimum atomic E-state index is 0. The van der Waals surface area contributed by atoms with E-state index in [4.69, 9.17) is 10.7 Å². The van der Waals surface area contributed by atoms with Gasteiger partial charge < -0.3 is 17.3 Å². The number of benzene rings is 2. The Morgan fingerprint density at radius 2 is 1.80 bits per heavy atom. The van der Waals surface area contributed by atoms with Crippen LogP contribution in [0.25, 0.3) is 0 Å². The summed E-state index contributed by atoms with van der Waals surface area (Å²) in [6.45, 7) is 1.35. The molecule has 0 amide bonds. The Morgan fingerprint density at radius 1 is 1.10 bits per heavy atom. The molecule has 100 valence electrons. The van der Waals surface area contributed by atoms with Crippen molar-refractivity contribution < 1.29 is 12.4 Å². The average Bonchev–Trinajstić information content (AvgIpc) is 2.77. The molecule has 2 aromatic rings. The van der Waals surface area contributed by atoms with Crippen molar-refractivity contribution in [3.63, 3.8) is 0 Å². The Labute approximate surface area is 124 Å². The molecule has 0 saturated carbocycles. The van der Waals surface area contributed by atoms with E-state index >= 15 is 0 Å². The second-order valence-electron chi connectivity index (χ2n) is 4.63. The van der Waals surface area contributed by atoms with Crippen molar-refractivity contribution in [3.8, 4) is 6.07 Å². The van der Waals surface area contributed by atoms with E-state index < -0.39 is 0 Å². The monoisotopic (exact) mass is 282 g/mol. The van der Waals surface area contributed by atoms with Gasteiger partial charge in [-0.15, -0.1) is 0 Å². The number of nitriles is 1. The first kappa shape index (κ1) is 14.1. The van der Waals surface area contributed by atoms with E-state index in [1.165, 1.54) is 5.56 Å². The van der Waals surface area contributed by atoms with Gasteiger partial charge in [0.2, 0.25) is 0 Å². The summed E-state index contributed by atoms with van der Waals surface area (Å²) < 4.78 is 0. The molecule has 0 unspecified atom stereocenters. The van der Waals surface area contributed by atoms with Crippen LogP contribution in [0.1, 0.15) is 22.3 Å². The summed E-state index contributed by atoms with van der Waals surface area (Å²) in [6.07, 6.45) is 0. The predicted molar refractivity (Wildman–Crippen MR) is 73.7 cm³/mol. The number of hydrogen-bond acceptors (Lipinski definition) is 2. The van der Waals surface area contributed by atoms with Crippen LogP contribution in [0.4, 0.5) is 0 Å². The number of amidine groups is 1. The maximum atomic E-state index is 9.11. The third-order valence-electron chi connectivity index (χ3n) is 3.45. The van der Waals surface area contributed by atoms with Gasteiger partial charge in [0.25, 0.3) is 0 Å². The van der Waals surface area contributed by atoms with Crippen LogP contribution in [0.3, 0.4) is 0 Å². The molecule has 0 aromatic heterocycles. The lowest BCUT2D eigenvalue weighted by molar-refractivity contribution is -0.00000425. The molecule has 0 saturated heterocycles. The highest BCUT2D eigenvalue weighted by Crippen LogP contribution is 2.24. The van der Waals surface area contributed by atoms with Gasteiger partial charge in [0, 0.05) is 18.7 Å². The van der Waals surface area contributed by atoms with Crippen molar-refractivity contribution in [1.82, 2.24) is 4.90 Å². The molecule has 0 spiro atoms. The first-order chi connectivity index (χ1) is 9.29. The molecular weight excluding hydrogens is 270 g/mol. The van der Waals surface area contributed by atoms with Gasteiger partial charge in [-0.05, 0) is 17.2 Å². The molecule has 3 nitrogen and oxygen atoms in total. The van der Waals surface area contributed by atoms with Crippen LogP contribution >= 0.6 is 0 Å². The highest BCUT2D eigenvalue weighted by Gasteiger charge is 2.23. The van der Waals surface area contributed by atoms with Crippen molar-refractivity contribution in [1.29, 1.82) is 10.7 Å². The molecule has 4 heteroatoms. The molecule has 1 heterocycles. The van der Waals surface area contributed by atoms with Crippen LogP contribution in [0.5, 0.6) is 0 Å². The zero-order valence-corrected chi connectivity index (χ0v) is 11.6. The van der Waals surface area contributed by atoms with E-state index in [2.05, 4.69) is 12.1 Å². The van der Waals surface area contributed by atoms with Crippen molar-refractivity contribution in [2.75, 3.05) is 0 Å². The second-order valence-corrected chi connectivity index (χ2v) is 4.63. The molecule has 0 bridgehead atoms. The highest BCUT2D eigenvalue weighted by atomic mass is 35.5. The Hall–Kier alpha value is -2.31. The van der Waals surface area contributed by atoms with Crippen LogP contribution < -0.4 is 12.4 Å². The zero-order chi connectivity index (χ0) is 13.2. The topological polar surface area (TPSA) is 50.9 Å². The number of fused-ring (bicyclic) bond motifs is 1. The zero-order valence-electron chi connectivity index (χ0n) is 10.8. The number of nitrogens with one attached hydrogen (secondary N) is 1. The Morgan fingerprint density at radius 3 is 2.55 bits per heavy atom. The maximum Gasteiger partial charge on any atom is 0.129 e. The number of hydrogen-bond donors (Lipinski definition) is 1. The highest BCUT2D eigenvalue weighted by molar-refractivity contribution is 6.00. The predicted octanol–water partition coefficient (Wildman–Crippen LogP) is -0.0966. The SMILES string of the molecule is N#Cc1ccccc1CN1Cc2ccccc2C1=N.[Cl-]. The van der Waals surface area contributed by atoms with Crippen LogP contribution in [-0.4, -0.2) is 10.7 Å². The van der Waals surface area contributed by atoms with Crippen molar-refractivity contribution >= 4 is 5.84 Å². The molecule has 1 aliphatic rings. The van der Waals surface area contributed by atoms with Gasteiger partial charge in [-0.3, -0.25) is 5.41 Å². The van der Waals surface area contributed by atoms with Crippen molar-refractivity contribution in [3.05, 3.63) is 70.8 Å². The van der Waals surface area contributed by atoms with Gasteiger partial charge in [0.05, 0.1) is 11.6 Å². The third kappa shape index (κ3) is 2.38. The Bertz CT molecular complexity index is 688. The number of rotatable bonds is 2. The smallest absolute Gasteiger partial charge is 0.129 e. The molecule has 3 rings (SSSR count). The Kier molecular flexibility index (Phi) is 4.07. The molecule has 0 aliphatic carbocycles. The fourth-order valence-corrected chi connectivity index (χ4v) is 2.45. The van der Waals surface area contributed by atoms with Crippen LogP contribution in [0, 0.1) is 16.7 Å². The summed E-state index contributed by atoms with van der Waals surface area (Å²) >= 11 is 0. The number of halogens is 1. The molecule has 2 aromatic carbocycles. The van der Waals surface area contributed by atoms with Gasteiger partial charge >= 0.3 is 0 Å². The minimum Gasteiger partial charge on any atom is -1.00 e. The van der Waals surface area contributed by atoms with Crippen LogP contribution in [0.2, 0.25) is 0 Å².